The Labute approximate surface area is 325 Å². The van der Waals surface area contributed by atoms with Crippen LogP contribution in [-0.2, 0) is 0 Å². The zero-order valence-electron chi connectivity index (χ0n) is 30.6. The topological polar surface area (TPSA) is 16.4 Å². The largest absolute Gasteiger partial charge is 0.455 e. The van der Waals surface area contributed by atoms with Crippen molar-refractivity contribution in [1.82, 2.24) is 0 Å². The van der Waals surface area contributed by atoms with Crippen molar-refractivity contribution in [2.45, 2.75) is 0 Å². The molecule has 0 fully saturated rings. The van der Waals surface area contributed by atoms with Crippen LogP contribution in [0.1, 0.15) is 0 Å². The van der Waals surface area contributed by atoms with Crippen molar-refractivity contribution in [3.8, 4) is 33.4 Å². The molecule has 0 spiro atoms. The molecule has 1 aromatic heterocycles. The second-order valence-electron chi connectivity index (χ2n) is 14.5. The summed E-state index contributed by atoms with van der Waals surface area (Å²) in [5.74, 6) is 0. The number of hydrogen-bond donors (Lipinski definition) is 0. The van der Waals surface area contributed by atoms with Crippen LogP contribution in [0.25, 0.3) is 87.6 Å². The molecule has 0 N–H and O–H groups in total. The van der Waals surface area contributed by atoms with Crippen molar-refractivity contribution >= 4 is 71.3 Å². The minimum absolute atomic E-state index is 0.902. The quantitative estimate of drug-likeness (QED) is 0.160. The molecular formula is C54H35NO. The molecule has 0 aliphatic heterocycles. The van der Waals surface area contributed by atoms with Gasteiger partial charge in [0, 0.05) is 33.4 Å². The van der Waals surface area contributed by atoms with E-state index in [0.29, 0.717) is 0 Å². The number of benzene rings is 10. The standard InChI is InChI=1S/C54H35NO/c1-2-11-36(12-3-1)37-23-28-41(29-24-37)55(43-15-8-14-40(35-43)46-19-10-21-52-51-17-6-7-22-53(51)56-54(46)52)42-30-25-39(26-31-42)45-18-9-20-47-48(45)33-34-49-44-16-5-4-13-38(44)27-32-50(47)49/h1-35H. The van der Waals surface area contributed by atoms with E-state index in [0.717, 1.165) is 50.1 Å². The van der Waals surface area contributed by atoms with Crippen LogP contribution in [0.5, 0.6) is 0 Å². The normalized spacial score (nSPS) is 11.6. The van der Waals surface area contributed by atoms with Gasteiger partial charge in [0.15, 0.2) is 0 Å². The first-order valence-corrected chi connectivity index (χ1v) is 19.2. The van der Waals surface area contributed by atoms with Gasteiger partial charge >= 0.3 is 0 Å². The first kappa shape index (κ1) is 32.0. The second kappa shape index (κ2) is 13.2. The molecule has 11 aromatic rings. The minimum Gasteiger partial charge on any atom is -0.455 e. The van der Waals surface area contributed by atoms with E-state index in [-0.39, 0.29) is 0 Å². The van der Waals surface area contributed by atoms with Crippen LogP contribution in [0.4, 0.5) is 17.1 Å². The van der Waals surface area contributed by atoms with E-state index in [1.165, 1.54) is 54.6 Å². The van der Waals surface area contributed by atoms with Gasteiger partial charge in [-0.05, 0) is 103 Å². The third-order valence-corrected chi connectivity index (χ3v) is 11.3. The molecule has 262 valence electrons. The fraction of sp³-hybridized carbons (Fsp3) is 0. The molecule has 0 amide bonds. The van der Waals surface area contributed by atoms with Crippen molar-refractivity contribution in [1.29, 1.82) is 0 Å². The summed E-state index contributed by atoms with van der Waals surface area (Å²) in [6, 6.07) is 76.4. The van der Waals surface area contributed by atoms with Gasteiger partial charge in [0.1, 0.15) is 11.2 Å². The first-order chi connectivity index (χ1) is 27.8. The lowest BCUT2D eigenvalue weighted by atomic mass is 9.92. The maximum absolute atomic E-state index is 6.48. The Bertz CT molecular complexity index is 3230. The summed E-state index contributed by atoms with van der Waals surface area (Å²) in [6.45, 7) is 0. The van der Waals surface area contributed by atoms with Crippen LogP contribution in [0.2, 0.25) is 0 Å². The van der Waals surface area contributed by atoms with E-state index in [4.69, 9.17) is 4.42 Å². The van der Waals surface area contributed by atoms with Crippen LogP contribution in [0.15, 0.2) is 217 Å². The summed E-state index contributed by atoms with van der Waals surface area (Å²) in [4.78, 5) is 2.35. The van der Waals surface area contributed by atoms with Gasteiger partial charge in [-0.25, -0.2) is 0 Å². The van der Waals surface area contributed by atoms with E-state index >= 15 is 0 Å². The van der Waals surface area contributed by atoms with Crippen molar-refractivity contribution in [3.63, 3.8) is 0 Å². The van der Waals surface area contributed by atoms with Gasteiger partial charge in [-0.1, -0.05) is 170 Å². The summed E-state index contributed by atoms with van der Waals surface area (Å²) >= 11 is 0. The molecule has 0 radical (unpaired) electrons. The third kappa shape index (κ3) is 5.34. The van der Waals surface area contributed by atoms with E-state index in [1.807, 2.05) is 12.1 Å². The molecule has 0 bridgehead atoms. The van der Waals surface area contributed by atoms with Gasteiger partial charge in [0.2, 0.25) is 0 Å². The van der Waals surface area contributed by atoms with Crippen molar-refractivity contribution < 1.29 is 4.42 Å². The molecule has 1 heterocycles. The monoisotopic (exact) mass is 713 g/mol. The lowest BCUT2D eigenvalue weighted by Crippen LogP contribution is -2.10. The number of fused-ring (bicyclic) bond motifs is 8. The average Bonchev–Trinajstić information content (AvgIpc) is 3.66. The Morgan fingerprint density at radius 3 is 1.66 bits per heavy atom. The SMILES string of the molecule is c1ccc(-c2ccc(N(c3ccc(-c4cccc5c4ccc4c6ccccc6ccc54)cc3)c3cccc(-c4cccc5c4oc4ccccc45)c3)cc2)cc1. The van der Waals surface area contributed by atoms with Crippen molar-refractivity contribution in [3.05, 3.63) is 212 Å². The average molecular weight is 714 g/mol. The molecule has 56 heavy (non-hydrogen) atoms. The van der Waals surface area contributed by atoms with Gasteiger partial charge in [0.25, 0.3) is 0 Å². The highest BCUT2D eigenvalue weighted by Gasteiger charge is 2.17. The summed E-state index contributed by atoms with van der Waals surface area (Å²) in [7, 11) is 0. The Kier molecular flexibility index (Phi) is 7.53. The molecule has 2 heteroatoms. The number of rotatable bonds is 6. The molecule has 10 aromatic carbocycles. The first-order valence-electron chi connectivity index (χ1n) is 19.2. The van der Waals surface area contributed by atoms with Gasteiger partial charge in [-0.15, -0.1) is 0 Å². The van der Waals surface area contributed by atoms with Gasteiger partial charge in [0.05, 0.1) is 0 Å². The molecule has 0 aliphatic rings. The third-order valence-electron chi connectivity index (χ3n) is 11.3. The molecule has 0 aliphatic carbocycles. The van der Waals surface area contributed by atoms with Crippen molar-refractivity contribution in [2.24, 2.45) is 0 Å². The van der Waals surface area contributed by atoms with E-state index in [2.05, 4.69) is 205 Å². The van der Waals surface area contributed by atoms with Crippen LogP contribution >= 0.6 is 0 Å². The predicted octanol–water partition coefficient (Wildman–Crippen LogP) is 15.5. The lowest BCUT2D eigenvalue weighted by Gasteiger charge is -2.26. The van der Waals surface area contributed by atoms with Crippen LogP contribution < -0.4 is 4.90 Å². The van der Waals surface area contributed by atoms with E-state index in [1.54, 1.807) is 0 Å². The number of furan rings is 1. The summed E-state index contributed by atoms with van der Waals surface area (Å²) in [6.07, 6.45) is 0. The molecule has 11 rings (SSSR count). The Morgan fingerprint density at radius 2 is 0.839 bits per heavy atom. The number of para-hydroxylation sites is 2. The molecule has 2 nitrogen and oxygen atoms in total. The highest BCUT2D eigenvalue weighted by molar-refractivity contribution is 6.19. The zero-order valence-corrected chi connectivity index (χ0v) is 30.6. The molecular weight excluding hydrogens is 679 g/mol. The molecule has 0 unspecified atom stereocenters. The van der Waals surface area contributed by atoms with Crippen LogP contribution in [0, 0.1) is 0 Å². The fourth-order valence-electron chi connectivity index (χ4n) is 8.57. The molecule has 0 saturated heterocycles. The Morgan fingerprint density at radius 1 is 0.286 bits per heavy atom. The molecule has 0 saturated carbocycles. The Hall–Kier alpha value is -7.42. The maximum atomic E-state index is 6.48. The second-order valence-corrected chi connectivity index (χ2v) is 14.5. The minimum atomic E-state index is 0.902. The van der Waals surface area contributed by atoms with E-state index in [9.17, 15) is 0 Å². The number of anilines is 3. The number of hydrogen-bond acceptors (Lipinski definition) is 2. The predicted molar refractivity (Wildman–Crippen MR) is 237 cm³/mol. The summed E-state index contributed by atoms with van der Waals surface area (Å²) in [5, 5.41) is 9.91. The highest BCUT2D eigenvalue weighted by Crippen LogP contribution is 2.42. The van der Waals surface area contributed by atoms with E-state index < -0.39 is 0 Å². The van der Waals surface area contributed by atoms with Crippen molar-refractivity contribution in [2.75, 3.05) is 4.90 Å². The summed E-state index contributed by atoms with van der Waals surface area (Å²) in [5.41, 5.74) is 12.0. The lowest BCUT2D eigenvalue weighted by molar-refractivity contribution is 0.670. The van der Waals surface area contributed by atoms with Crippen LogP contribution in [0.3, 0.4) is 0 Å². The van der Waals surface area contributed by atoms with Gasteiger partial charge in [-0.2, -0.15) is 0 Å². The summed E-state index contributed by atoms with van der Waals surface area (Å²) < 4.78 is 6.48. The van der Waals surface area contributed by atoms with Crippen LogP contribution in [-0.4, -0.2) is 0 Å². The highest BCUT2D eigenvalue weighted by atomic mass is 16.3. The molecule has 0 atom stereocenters. The van der Waals surface area contributed by atoms with Gasteiger partial charge < -0.3 is 9.32 Å². The Balaban J connectivity index is 1.03. The maximum Gasteiger partial charge on any atom is 0.143 e. The smallest absolute Gasteiger partial charge is 0.143 e. The number of nitrogens with zero attached hydrogens (tertiary/aromatic N) is 1. The fourth-order valence-corrected chi connectivity index (χ4v) is 8.57. The zero-order chi connectivity index (χ0) is 37.0. The van der Waals surface area contributed by atoms with Gasteiger partial charge in [-0.3, -0.25) is 0 Å².